The minimum atomic E-state index is -3.02. The van der Waals surface area contributed by atoms with E-state index in [0.29, 0.717) is 19.0 Å². The van der Waals surface area contributed by atoms with Crippen molar-refractivity contribution in [2.75, 3.05) is 13.1 Å². The second-order valence-electron chi connectivity index (χ2n) is 6.22. The van der Waals surface area contributed by atoms with Crippen molar-refractivity contribution in [1.29, 1.82) is 0 Å². The molecule has 9 heteroatoms. The molecule has 0 saturated carbocycles. The van der Waals surface area contributed by atoms with Crippen molar-refractivity contribution >= 4 is 5.96 Å². The molecule has 0 aliphatic carbocycles. The van der Waals surface area contributed by atoms with Gasteiger partial charge in [0.05, 0.1) is 17.8 Å². The summed E-state index contributed by atoms with van der Waals surface area (Å²) in [6.45, 7) is 4.71. The van der Waals surface area contributed by atoms with E-state index >= 15 is 0 Å². The Kier molecular flexibility index (Phi) is 8.16. The Morgan fingerprint density at radius 3 is 2.71 bits per heavy atom. The number of aromatic nitrogens is 2. The molecule has 0 amide bonds. The third kappa shape index (κ3) is 6.47. The molecule has 0 radical (unpaired) electrons. The van der Waals surface area contributed by atoms with Crippen molar-refractivity contribution in [3.8, 4) is 5.75 Å². The molecule has 1 heterocycles. The monoisotopic (exact) mass is 397 g/mol. The molecule has 2 aromatic rings. The number of rotatable bonds is 9. The van der Waals surface area contributed by atoms with E-state index in [2.05, 4.69) is 25.5 Å². The lowest BCUT2D eigenvalue weighted by atomic mass is 10.2. The minimum Gasteiger partial charge on any atom is -0.434 e. The maximum atomic E-state index is 14.0. The molecule has 0 aliphatic rings. The number of aryl methyl sites for hydroxylation is 3. The van der Waals surface area contributed by atoms with Gasteiger partial charge in [-0.2, -0.15) is 13.9 Å². The van der Waals surface area contributed by atoms with Crippen LogP contribution in [0.1, 0.15) is 30.3 Å². The zero-order valence-corrected chi connectivity index (χ0v) is 16.3. The first-order valence-electron chi connectivity index (χ1n) is 9.16. The summed E-state index contributed by atoms with van der Waals surface area (Å²) < 4.78 is 45.4. The standard InChI is InChI=1S/C19H26F3N5O/c1-4-23-19(24-9-6-10-27-14(3)11-13(2)26-27)25-12-15-16(20)7-5-8-17(15)28-18(21)22/h5,7-8,11,18H,4,6,9-10,12H2,1-3H3,(H2,23,24,25). The number of guanidine groups is 1. The molecular weight excluding hydrogens is 371 g/mol. The molecule has 1 aromatic carbocycles. The van der Waals surface area contributed by atoms with Crippen LogP contribution in [0.4, 0.5) is 13.2 Å². The lowest BCUT2D eigenvalue weighted by molar-refractivity contribution is -0.0506. The van der Waals surface area contributed by atoms with Crippen LogP contribution in [0.15, 0.2) is 29.3 Å². The summed E-state index contributed by atoms with van der Waals surface area (Å²) in [5.74, 6) is -0.372. The van der Waals surface area contributed by atoms with Gasteiger partial charge in [0.25, 0.3) is 0 Å². The van der Waals surface area contributed by atoms with Crippen LogP contribution >= 0.6 is 0 Å². The van der Waals surface area contributed by atoms with Gasteiger partial charge in [-0.15, -0.1) is 0 Å². The average Bonchev–Trinajstić information content (AvgIpc) is 2.94. The maximum Gasteiger partial charge on any atom is 0.387 e. The van der Waals surface area contributed by atoms with Crippen molar-refractivity contribution in [2.24, 2.45) is 4.99 Å². The van der Waals surface area contributed by atoms with E-state index < -0.39 is 12.4 Å². The van der Waals surface area contributed by atoms with Crippen LogP contribution in [0.2, 0.25) is 0 Å². The summed E-state index contributed by atoms with van der Waals surface area (Å²) in [7, 11) is 0. The third-order valence-corrected chi connectivity index (χ3v) is 3.97. The molecule has 6 nitrogen and oxygen atoms in total. The zero-order chi connectivity index (χ0) is 20.5. The first kappa shape index (κ1) is 21.6. The van der Waals surface area contributed by atoms with E-state index in [-0.39, 0.29) is 17.9 Å². The van der Waals surface area contributed by atoms with Crippen molar-refractivity contribution in [1.82, 2.24) is 20.4 Å². The van der Waals surface area contributed by atoms with Crippen LogP contribution < -0.4 is 15.4 Å². The van der Waals surface area contributed by atoms with Crippen molar-refractivity contribution in [3.63, 3.8) is 0 Å². The Balaban J connectivity index is 1.96. The number of nitrogens with one attached hydrogen (secondary N) is 2. The van der Waals surface area contributed by atoms with Crippen molar-refractivity contribution in [3.05, 3.63) is 47.0 Å². The van der Waals surface area contributed by atoms with Gasteiger partial charge in [-0.05, 0) is 45.4 Å². The van der Waals surface area contributed by atoms with E-state index in [1.54, 1.807) is 0 Å². The fourth-order valence-electron chi connectivity index (χ4n) is 2.74. The summed E-state index contributed by atoms with van der Waals surface area (Å²) in [6.07, 6.45) is 0.811. The Bertz CT molecular complexity index is 792. The first-order valence-corrected chi connectivity index (χ1v) is 9.16. The summed E-state index contributed by atoms with van der Waals surface area (Å²) in [4.78, 5) is 4.29. The van der Waals surface area contributed by atoms with Gasteiger partial charge in [-0.1, -0.05) is 6.07 Å². The Morgan fingerprint density at radius 1 is 1.29 bits per heavy atom. The lowest BCUT2D eigenvalue weighted by Crippen LogP contribution is -2.38. The van der Waals surface area contributed by atoms with Crippen LogP contribution in [0.5, 0.6) is 5.75 Å². The highest BCUT2D eigenvalue weighted by Gasteiger charge is 2.13. The minimum absolute atomic E-state index is 0.0114. The van der Waals surface area contributed by atoms with Gasteiger partial charge in [-0.3, -0.25) is 4.68 Å². The van der Waals surface area contributed by atoms with Gasteiger partial charge in [0.15, 0.2) is 5.96 Å². The van der Waals surface area contributed by atoms with Gasteiger partial charge in [-0.25, -0.2) is 9.38 Å². The van der Waals surface area contributed by atoms with Gasteiger partial charge in [0.1, 0.15) is 11.6 Å². The van der Waals surface area contributed by atoms with E-state index in [4.69, 9.17) is 0 Å². The quantitative estimate of drug-likeness (QED) is 0.387. The molecule has 0 spiro atoms. The van der Waals surface area contributed by atoms with E-state index in [9.17, 15) is 13.2 Å². The number of ether oxygens (including phenoxy) is 1. The average molecular weight is 397 g/mol. The highest BCUT2D eigenvalue weighted by Crippen LogP contribution is 2.24. The molecule has 0 aliphatic heterocycles. The molecule has 0 fully saturated rings. The molecular formula is C19H26F3N5O. The highest BCUT2D eigenvalue weighted by molar-refractivity contribution is 5.79. The smallest absolute Gasteiger partial charge is 0.387 e. The second kappa shape index (κ2) is 10.6. The summed E-state index contributed by atoms with van der Waals surface area (Å²) >= 11 is 0. The molecule has 1 aromatic heterocycles. The lowest BCUT2D eigenvalue weighted by Gasteiger charge is -2.13. The van der Waals surface area contributed by atoms with E-state index in [1.807, 2.05) is 31.5 Å². The Labute approximate surface area is 162 Å². The van der Waals surface area contributed by atoms with Gasteiger partial charge in [0.2, 0.25) is 0 Å². The van der Waals surface area contributed by atoms with Gasteiger partial charge >= 0.3 is 6.61 Å². The van der Waals surface area contributed by atoms with Gasteiger partial charge in [0, 0.05) is 25.3 Å². The normalized spacial score (nSPS) is 11.8. The van der Waals surface area contributed by atoms with Crippen LogP contribution in [-0.4, -0.2) is 35.4 Å². The molecule has 2 N–H and O–H groups in total. The molecule has 0 saturated heterocycles. The number of benzene rings is 1. The molecule has 28 heavy (non-hydrogen) atoms. The molecule has 154 valence electrons. The predicted molar refractivity (Wildman–Crippen MR) is 102 cm³/mol. The maximum absolute atomic E-state index is 14.0. The van der Waals surface area contributed by atoms with E-state index in [1.165, 1.54) is 18.2 Å². The summed E-state index contributed by atoms with van der Waals surface area (Å²) in [5.41, 5.74) is 2.07. The number of aliphatic imine (C=N–C) groups is 1. The number of hydrogen-bond acceptors (Lipinski definition) is 3. The highest BCUT2D eigenvalue weighted by atomic mass is 19.3. The molecule has 0 bridgehead atoms. The zero-order valence-electron chi connectivity index (χ0n) is 16.3. The Hall–Kier alpha value is -2.71. The van der Waals surface area contributed by atoms with Crippen molar-refractivity contribution in [2.45, 2.75) is 46.9 Å². The van der Waals surface area contributed by atoms with Crippen LogP contribution in [0, 0.1) is 19.7 Å². The molecule has 0 unspecified atom stereocenters. The topological polar surface area (TPSA) is 63.5 Å². The SMILES string of the molecule is CCNC(=NCc1c(F)cccc1OC(F)F)NCCCn1nc(C)cc1C. The number of alkyl halides is 2. The number of nitrogens with zero attached hydrogens (tertiary/aromatic N) is 3. The fourth-order valence-corrected chi connectivity index (χ4v) is 2.74. The fraction of sp³-hybridized carbons (Fsp3) is 0.474. The Morgan fingerprint density at radius 2 is 2.07 bits per heavy atom. The third-order valence-electron chi connectivity index (χ3n) is 3.97. The summed E-state index contributed by atoms with van der Waals surface area (Å²) in [6, 6.07) is 5.84. The second-order valence-corrected chi connectivity index (χ2v) is 6.22. The van der Waals surface area contributed by atoms with Gasteiger partial charge < -0.3 is 15.4 Å². The summed E-state index contributed by atoms with van der Waals surface area (Å²) in [5, 5.41) is 10.6. The first-order chi connectivity index (χ1) is 13.4. The van der Waals surface area contributed by atoms with E-state index in [0.717, 1.165) is 24.4 Å². The predicted octanol–water partition coefficient (Wildman–Crippen LogP) is 3.39. The molecule has 0 atom stereocenters. The van der Waals surface area contributed by atoms with Crippen molar-refractivity contribution < 1.29 is 17.9 Å². The van der Waals surface area contributed by atoms with Crippen LogP contribution in [0.3, 0.4) is 0 Å². The number of halogens is 3. The van der Waals surface area contributed by atoms with Crippen LogP contribution in [-0.2, 0) is 13.1 Å². The largest absolute Gasteiger partial charge is 0.434 e. The number of hydrogen-bond donors (Lipinski definition) is 2. The van der Waals surface area contributed by atoms with Crippen LogP contribution in [0.25, 0.3) is 0 Å². The molecule has 2 rings (SSSR count).